The molecular weight excluding hydrogens is 283 g/mol. The van der Waals surface area contributed by atoms with Gasteiger partial charge in [0.15, 0.2) is 0 Å². The molecule has 1 heterocycles. The third kappa shape index (κ3) is 3.03. The zero-order valence-corrected chi connectivity index (χ0v) is 11.7. The molecule has 8 heteroatoms. The van der Waals surface area contributed by atoms with Crippen molar-refractivity contribution in [2.24, 2.45) is 5.73 Å². The van der Waals surface area contributed by atoms with E-state index in [1.165, 1.54) is 31.6 Å². The first-order valence-electron chi connectivity index (χ1n) is 5.90. The first-order chi connectivity index (χ1) is 9.44. The summed E-state index contributed by atoms with van der Waals surface area (Å²) in [6.07, 6.45) is 2.97. The lowest BCUT2D eigenvalue weighted by atomic mass is 10.1. The molecule has 0 saturated carbocycles. The monoisotopic (exact) mass is 298 g/mol. The molecule has 1 aromatic carbocycles. The fraction of sp³-hybridized carbons (Fsp3) is 0.250. The van der Waals surface area contributed by atoms with E-state index in [2.05, 4.69) is 14.7 Å². The van der Waals surface area contributed by atoms with E-state index in [9.17, 15) is 12.8 Å². The second-order valence-corrected chi connectivity index (χ2v) is 6.09. The van der Waals surface area contributed by atoms with Crippen molar-refractivity contribution >= 4 is 10.0 Å². The number of imidazole rings is 1. The largest absolute Gasteiger partial charge is 0.347 e. The van der Waals surface area contributed by atoms with E-state index < -0.39 is 15.8 Å². The molecule has 0 saturated heterocycles. The number of nitrogens with one attached hydrogen (secondary N) is 2. The van der Waals surface area contributed by atoms with Crippen LogP contribution < -0.4 is 10.5 Å². The first kappa shape index (κ1) is 14.6. The molecule has 2 aromatic rings. The number of nitrogens with zero attached hydrogens (tertiary/aromatic N) is 1. The Morgan fingerprint density at radius 2 is 2.20 bits per heavy atom. The normalized spacial score (nSPS) is 11.8. The zero-order chi connectivity index (χ0) is 14.8. The lowest BCUT2D eigenvalue weighted by Gasteiger charge is -2.10. The maximum atomic E-state index is 13.7. The number of hydrogen-bond acceptors (Lipinski definition) is 4. The Balaban J connectivity index is 2.27. The van der Waals surface area contributed by atoms with Crippen LogP contribution in [-0.2, 0) is 23.1 Å². The lowest BCUT2D eigenvalue weighted by Crippen LogP contribution is -2.24. The number of rotatable bonds is 5. The summed E-state index contributed by atoms with van der Waals surface area (Å²) < 4.78 is 40.4. The van der Waals surface area contributed by atoms with Crippen LogP contribution in [0.25, 0.3) is 0 Å². The van der Waals surface area contributed by atoms with Crippen molar-refractivity contribution in [3.8, 4) is 0 Å². The van der Waals surface area contributed by atoms with Crippen molar-refractivity contribution in [3.05, 3.63) is 47.3 Å². The van der Waals surface area contributed by atoms with E-state index in [-0.39, 0.29) is 29.1 Å². The smallest absolute Gasteiger partial charge is 0.240 e. The maximum Gasteiger partial charge on any atom is 0.240 e. The summed E-state index contributed by atoms with van der Waals surface area (Å²) in [5, 5.41) is 0. The van der Waals surface area contributed by atoms with Gasteiger partial charge in [0.25, 0.3) is 0 Å². The summed E-state index contributed by atoms with van der Waals surface area (Å²) in [5.74, 6) is -0.472. The number of halogens is 1. The summed E-state index contributed by atoms with van der Waals surface area (Å²) in [5.41, 5.74) is 6.46. The zero-order valence-electron chi connectivity index (χ0n) is 10.9. The number of H-pyrrole nitrogens is 1. The summed E-state index contributed by atoms with van der Waals surface area (Å²) >= 11 is 0. The van der Waals surface area contributed by atoms with Crippen molar-refractivity contribution < 1.29 is 12.8 Å². The van der Waals surface area contributed by atoms with Gasteiger partial charge in [-0.15, -0.1) is 0 Å². The van der Waals surface area contributed by atoms with E-state index in [1.54, 1.807) is 0 Å². The third-order valence-electron chi connectivity index (χ3n) is 2.84. The average molecular weight is 298 g/mol. The van der Waals surface area contributed by atoms with Crippen LogP contribution in [0.2, 0.25) is 0 Å². The van der Waals surface area contributed by atoms with Crippen molar-refractivity contribution in [2.45, 2.75) is 24.9 Å². The minimum atomic E-state index is -3.73. The molecule has 0 unspecified atom stereocenters. The lowest BCUT2D eigenvalue weighted by molar-refractivity contribution is 0.577. The number of aromatic nitrogens is 2. The van der Waals surface area contributed by atoms with Crippen LogP contribution in [-0.4, -0.2) is 18.4 Å². The molecule has 0 atom stereocenters. The van der Waals surface area contributed by atoms with Gasteiger partial charge < -0.3 is 10.7 Å². The molecule has 0 radical (unpaired) electrons. The number of hydrogen-bond donors (Lipinski definition) is 3. The first-order valence-corrected chi connectivity index (χ1v) is 7.38. The molecule has 0 amide bonds. The Labute approximate surface area is 116 Å². The van der Waals surface area contributed by atoms with Crippen molar-refractivity contribution in [3.63, 3.8) is 0 Å². The van der Waals surface area contributed by atoms with Crippen LogP contribution in [0, 0.1) is 12.7 Å². The predicted molar refractivity (Wildman–Crippen MR) is 71.6 cm³/mol. The molecular formula is C12H15FN4O2S. The standard InChI is InChI=1S/C12H15FN4O2S/c1-8-2-11(3-9(4-14)12(8)13)20(18,19)17-6-10-5-15-7-16-10/h2-3,5,7,17H,4,6,14H2,1H3,(H,15,16). The number of nitrogens with two attached hydrogens (primary N) is 1. The van der Waals surface area contributed by atoms with Crippen LogP contribution in [0.5, 0.6) is 0 Å². The molecule has 0 aliphatic rings. The van der Waals surface area contributed by atoms with E-state index in [1.807, 2.05) is 0 Å². The van der Waals surface area contributed by atoms with Gasteiger partial charge in [0, 0.05) is 24.0 Å². The van der Waals surface area contributed by atoms with Crippen LogP contribution in [0.3, 0.4) is 0 Å². The molecule has 0 spiro atoms. The molecule has 0 aliphatic carbocycles. The summed E-state index contributed by atoms with van der Waals surface area (Å²) in [6, 6.07) is 2.53. The van der Waals surface area contributed by atoms with Crippen LogP contribution in [0.4, 0.5) is 4.39 Å². The summed E-state index contributed by atoms with van der Waals surface area (Å²) in [4.78, 5) is 6.58. The average Bonchev–Trinajstić information content (AvgIpc) is 2.92. The van der Waals surface area contributed by atoms with Gasteiger partial charge in [-0.2, -0.15) is 0 Å². The van der Waals surface area contributed by atoms with E-state index in [0.29, 0.717) is 5.69 Å². The van der Waals surface area contributed by atoms with Gasteiger partial charge in [-0.3, -0.25) is 0 Å². The highest BCUT2D eigenvalue weighted by molar-refractivity contribution is 7.89. The second-order valence-electron chi connectivity index (χ2n) is 4.32. The molecule has 0 fully saturated rings. The SMILES string of the molecule is Cc1cc(S(=O)(=O)NCc2cnc[nH]2)cc(CN)c1F. The highest BCUT2D eigenvalue weighted by atomic mass is 32.2. The minimum Gasteiger partial charge on any atom is -0.347 e. The highest BCUT2D eigenvalue weighted by Gasteiger charge is 2.17. The fourth-order valence-electron chi connectivity index (χ4n) is 1.75. The minimum absolute atomic E-state index is 0.00337. The Kier molecular flexibility index (Phi) is 4.17. The molecule has 108 valence electrons. The third-order valence-corrected chi connectivity index (χ3v) is 4.22. The van der Waals surface area contributed by atoms with Crippen molar-refractivity contribution in [2.75, 3.05) is 0 Å². The molecule has 6 nitrogen and oxygen atoms in total. The number of aromatic amines is 1. The molecule has 1 aromatic heterocycles. The molecule has 0 bridgehead atoms. The summed E-state index contributed by atoms with van der Waals surface area (Å²) in [7, 11) is -3.73. The van der Waals surface area contributed by atoms with E-state index in [4.69, 9.17) is 5.73 Å². The molecule has 2 rings (SSSR count). The van der Waals surface area contributed by atoms with Crippen LogP contribution in [0.15, 0.2) is 29.6 Å². The van der Waals surface area contributed by atoms with Crippen LogP contribution in [0.1, 0.15) is 16.8 Å². The number of sulfonamides is 1. The highest BCUT2D eigenvalue weighted by Crippen LogP contribution is 2.19. The van der Waals surface area contributed by atoms with Gasteiger partial charge >= 0.3 is 0 Å². The Morgan fingerprint density at radius 1 is 1.45 bits per heavy atom. The molecule has 20 heavy (non-hydrogen) atoms. The fourth-order valence-corrected chi connectivity index (χ4v) is 2.89. The van der Waals surface area contributed by atoms with E-state index in [0.717, 1.165) is 0 Å². The van der Waals surface area contributed by atoms with E-state index >= 15 is 0 Å². The molecule has 4 N–H and O–H groups in total. The number of aryl methyl sites for hydroxylation is 1. The number of benzene rings is 1. The van der Waals surface area contributed by atoms with Crippen LogP contribution >= 0.6 is 0 Å². The van der Waals surface area contributed by atoms with Gasteiger partial charge in [-0.05, 0) is 24.6 Å². The second kappa shape index (κ2) is 5.70. The van der Waals surface area contributed by atoms with Gasteiger partial charge in [-0.25, -0.2) is 22.5 Å². The van der Waals surface area contributed by atoms with Gasteiger partial charge in [0.1, 0.15) is 5.82 Å². The Bertz CT molecular complexity index is 698. The van der Waals surface area contributed by atoms with Crippen molar-refractivity contribution in [1.29, 1.82) is 0 Å². The summed E-state index contributed by atoms with van der Waals surface area (Å²) in [6.45, 7) is 1.52. The quantitative estimate of drug-likeness (QED) is 0.759. The Morgan fingerprint density at radius 3 is 2.80 bits per heavy atom. The topological polar surface area (TPSA) is 101 Å². The maximum absolute atomic E-state index is 13.7. The Hall–Kier alpha value is -1.77. The van der Waals surface area contributed by atoms with Crippen molar-refractivity contribution in [1.82, 2.24) is 14.7 Å². The van der Waals surface area contributed by atoms with Gasteiger partial charge in [0.2, 0.25) is 10.0 Å². The van der Waals surface area contributed by atoms with Gasteiger partial charge in [0.05, 0.1) is 17.8 Å². The predicted octanol–water partition coefficient (Wildman–Crippen LogP) is 0.794. The molecule has 0 aliphatic heterocycles. The van der Waals surface area contributed by atoms with Gasteiger partial charge in [-0.1, -0.05) is 0 Å².